The summed E-state index contributed by atoms with van der Waals surface area (Å²) in [7, 11) is 0. The molecule has 0 atom stereocenters. The van der Waals surface area contributed by atoms with Crippen LogP contribution in [0.25, 0.3) is 0 Å². The summed E-state index contributed by atoms with van der Waals surface area (Å²) in [4.78, 5) is 0. The van der Waals surface area contributed by atoms with Crippen molar-refractivity contribution in [1.29, 1.82) is 0 Å². The molecule has 0 unspecified atom stereocenters. The predicted octanol–water partition coefficient (Wildman–Crippen LogP) is 5.34. The first-order chi connectivity index (χ1) is 7.43. The Labute approximate surface area is 96.8 Å². The molecular weight excluding hydrogens is 180 g/mol. The van der Waals surface area contributed by atoms with Crippen molar-refractivity contribution in [2.24, 2.45) is 5.92 Å². The van der Waals surface area contributed by atoms with Gasteiger partial charge in [-0.3, -0.25) is 0 Å². The van der Waals surface area contributed by atoms with Crippen molar-refractivity contribution in [3.05, 3.63) is 13.3 Å². The minimum Gasteiger partial charge on any atom is -0.0533 e. The molecule has 0 spiro atoms. The Morgan fingerprint density at radius 1 is 0.867 bits per heavy atom. The van der Waals surface area contributed by atoms with Crippen molar-refractivity contribution >= 4 is 0 Å². The lowest BCUT2D eigenvalue weighted by molar-refractivity contribution is 0.554. The summed E-state index contributed by atoms with van der Waals surface area (Å²) < 4.78 is 0. The molecule has 0 bridgehead atoms. The molecular formula is C15H28. The molecule has 1 aliphatic rings. The van der Waals surface area contributed by atoms with Crippen LogP contribution in [0.1, 0.15) is 77.0 Å². The minimum absolute atomic E-state index is 0.983. The minimum atomic E-state index is 0.983. The molecule has 0 aromatic rings. The first kappa shape index (κ1) is 13.1. The van der Waals surface area contributed by atoms with Crippen molar-refractivity contribution in [2.75, 3.05) is 0 Å². The van der Waals surface area contributed by atoms with Gasteiger partial charge in [-0.15, -0.1) is 0 Å². The van der Waals surface area contributed by atoms with Crippen LogP contribution in [0.15, 0.2) is 0 Å². The average molecular weight is 208 g/mol. The molecule has 1 saturated carbocycles. The van der Waals surface area contributed by atoms with E-state index in [0.29, 0.717) is 0 Å². The zero-order chi connectivity index (χ0) is 10.8. The summed E-state index contributed by atoms with van der Waals surface area (Å²) in [5.74, 6) is 0.983. The van der Waals surface area contributed by atoms with E-state index in [9.17, 15) is 0 Å². The van der Waals surface area contributed by atoms with Gasteiger partial charge in [-0.05, 0) is 18.8 Å². The highest BCUT2D eigenvalue weighted by Crippen LogP contribution is 2.28. The van der Waals surface area contributed by atoms with Crippen LogP contribution in [0.4, 0.5) is 0 Å². The molecule has 1 fully saturated rings. The largest absolute Gasteiger partial charge is 0.0533 e. The van der Waals surface area contributed by atoms with Crippen LogP contribution in [-0.2, 0) is 0 Å². The molecule has 0 heterocycles. The molecule has 0 aromatic heterocycles. The molecule has 0 saturated heterocycles. The molecule has 0 amide bonds. The quantitative estimate of drug-likeness (QED) is 0.449. The van der Waals surface area contributed by atoms with Gasteiger partial charge in [0.1, 0.15) is 0 Å². The third-order valence-electron chi connectivity index (χ3n) is 3.60. The van der Waals surface area contributed by atoms with Crippen molar-refractivity contribution in [3.8, 4) is 0 Å². The molecule has 0 aromatic carbocycles. The third kappa shape index (κ3) is 6.98. The van der Waals surface area contributed by atoms with E-state index in [1.165, 1.54) is 70.6 Å². The second-order valence-corrected chi connectivity index (χ2v) is 5.04. The highest BCUT2D eigenvalue weighted by Gasteiger charge is 2.13. The van der Waals surface area contributed by atoms with Crippen LogP contribution >= 0.6 is 0 Å². The third-order valence-corrected chi connectivity index (χ3v) is 3.60. The Bertz CT molecular complexity index is 122. The van der Waals surface area contributed by atoms with Crippen LogP contribution in [-0.4, -0.2) is 0 Å². The van der Waals surface area contributed by atoms with E-state index in [1.807, 2.05) is 0 Å². The van der Waals surface area contributed by atoms with Crippen molar-refractivity contribution in [2.45, 2.75) is 77.0 Å². The van der Waals surface area contributed by atoms with Crippen LogP contribution in [0.3, 0.4) is 0 Å². The molecule has 1 aliphatic carbocycles. The Balaban J connectivity index is 1.73. The van der Waals surface area contributed by atoms with Gasteiger partial charge in [-0.25, -0.2) is 0 Å². The summed E-state index contributed by atoms with van der Waals surface area (Å²) in [5.41, 5.74) is 0. The lowest BCUT2D eigenvalue weighted by Crippen LogP contribution is -1.93. The van der Waals surface area contributed by atoms with E-state index in [0.717, 1.165) is 12.3 Å². The second-order valence-electron chi connectivity index (χ2n) is 5.04. The summed E-state index contributed by atoms with van der Waals surface area (Å²) in [6.45, 7) is 3.87. The first-order valence-corrected chi connectivity index (χ1v) is 7.06. The summed E-state index contributed by atoms with van der Waals surface area (Å²) in [5, 5.41) is 0. The van der Waals surface area contributed by atoms with Gasteiger partial charge in [0.15, 0.2) is 0 Å². The van der Waals surface area contributed by atoms with E-state index in [4.69, 9.17) is 0 Å². The molecule has 88 valence electrons. The number of hydrogen-bond acceptors (Lipinski definition) is 0. The van der Waals surface area contributed by atoms with Gasteiger partial charge >= 0.3 is 0 Å². The maximum Gasteiger partial charge on any atom is -0.0355 e. The first-order valence-electron chi connectivity index (χ1n) is 7.06. The van der Waals surface area contributed by atoms with Crippen LogP contribution in [0.2, 0.25) is 0 Å². The van der Waals surface area contributed by atoms with E-state index < -0.39 is 0 Å². The zero-order valence-electron chi connectivity index (χ0n) is 10.3. The predicted molar refractivity (Wildman–Crippen MR) is 68.6 cm³/mol. The number of rotatable bonds is 9. The molecule has 0 aliphatic heterocycles. The molecule has 15 heavy (non-hydrogen) atoms. The van der Waals surface area contributed by atoms with E-state index in [-0.39, 0.29) is 0 Å². The van der Waals surface area contributed by atoms with Gasteiger partial charge in [0, 0.05) is 0 Å². The standard InChI is InChI=1S/C15H28/c1-2-3-4-5-6-7-8-9-12-15-13-10-11-14-15/h12,15H,1-11,13-14H2. The van der Waals surface area contributed by atoms with Crippen molar-refractivity contribution in [3.63, 3.8) is 0 Å². The summed E-state index contributed by atoms with van der Waals surface area (Å²) >= 11 is 0. The van der Waals surface area contributed by atoms with Crippen LogP contribution < -0.4 is 0 Å². The fraction of sp³-hybridized carbons (Fsp3) is 0.867. The van der Waals surface area contributed by atoms with E-state index in [1.54, 1.807) is 0 Å². The van der Waals surface area contributed by atoms with Gasteiger partial charge in [0.05, 0.1) is 0 Å². The van der Waals surface area contributed by atoms with Crippen LogP contribution in [0, 0.1) is 19.3 Å². The Morgan fingerprint density at radius 3 is 2.13 bits per heavy atom. The highest BCUT2D eigenvalue weighted by atomic mass is 14.2. The smallest absolute Gasteiger partial charge is 0.0355 e. The van der Waals surface area contributed by atoms with Gasteiger partial charge in [0.25, 0.3) is 0 Å². The maximum atomic E-state index is 3.87. The van der Waals surface area contributed by atoms with Crippen molar-refractivity contribution in [1.82, 2.24) is 0 Å². The fourth-order valence-corrected chi connectivity index (χ4v) is 2.57. The van der Waals surface area contributed by atoms with E-state index >= 15 is 0 Å². The monoisotopic (exact) mass is 208 g/mol. The highest BCUT2D eigenvalue weighted by molar-refractivity contribution is 4.80. The van der Waals surface area contributed by atoms with Crippen LogP contribution in [0.5, 0.6) is 0 Å². The lowest BCUT2D eigenvalue weighted by atomic mass is 9.99. The molecule has 2 radical (unpaired) electrons. The number of hydrogen-bond donors (Lipinski definition) is 0. The van der Waals surface area contributed by atoms with Crippen molar-refractivity contribution < 1.29 is 0 Å². The Morgan fingerprint density at radius 2 is 1.47 bits per heavy atom. The molecule has 0 nitrogen and oxygen atoms in total. The summed E-state index contributed by atoms with van der Waals surface area (Å²) in [6.07, 6.45) is 19.5. The molecule has 1 rings (SSSR count). The van der Waals surface area contributed by atoms with Gasteiger partial charge in [0.2, 0.25) is 0 Å². The normalized spacial score (nSPS) is 17.4. The maximum absolute atomic E-state index is 3.87. The molecule has 0 heteroatoms. The Kier molecular flexibility index (Phi) is 8.05. The number of unbranched alkanes of at least 4 members (excludes halogenated alkanes) is 7. The zero-order valence-corrected chi connectivity index (χ0v) is 10.3. The van der Waals surface area contributed by atoms with E-state index in [2.05, 4.69) is 13.3 Å². The SMILES string of the molecule is [CH2]CCCCCCCC[CH]C1CCCC1. The second kappa shape index (κ2) is 9.24. The van der Waals surface area contributed by atoms with Gasteiger partial charge in [-0.1, -0.05) is 77.6 Å². The average Bonchev–Trinajstić information content (AvgIpc) is 2.75. The summed E-state index contributed by atoms with van der Waals surface area (Å²) in [6, 6.07) is 0. The lowest BCUT2D eigenvalue weighted by Gasteiger charge is -2.07. The molecule has 0 N–H and O–H groups in total. The van der Waals surface area contributed by atoms with Gasteiger partial charge < -0.3 is 0 Å². The Hall–Kier alpha value is 0. The van der Waals surface area contributed by atoms with Gasteiger partial charge in [-0.2, -0.15) is 0 Å². The fourth-order valence-electron chi connectivity index (χ4n) is 2.57. The topological polar surface area (TPSA) is 0 Å².